The first-order valence-electron chi connectivity index (χ1n) is 10.2. The van der Waals surface area contributed by atoms with Crippen LogP contribution in [0.3, 0.4) is 0 Å². The highest BCUT2D eigenvalue weighted by molar-refractivity contribution is 7.18. The second-order valence-electron chi connectivity index (χ2n) is 7.53. The Kier molecular flexibility index (Phi) is 6.23. The number of amides is 2. The summed E-state index contributed by atoms with van der Waals surface area (Å²) in [6.07, 6.45) is 1.44. The van der Waals surface area contributed by atoms with Crippen molar-refractivity contribution in [2.75, 3.05) is 5.32 Å². The number of furan rings is 1. The van der Waals surface area contributed by atoms with Crippen molar-refractivity contribution < 1.29 is 14.0 Å². The quantitative estimate of drug-likeness (QED) is 0.429. The van der Waals surface area contributed by atoms with Gasteiger partial charge in [-0.3, -0.25) is 14.3 Å². The first kappa shape index (κ1) is 21.6. The van der Waals surface area contributed by atoms with Crippen molar-refractivity contribution in [2.24, 2.45) is 0 Å². The summed E-state index contributed by atoms with van der Waals surface area (Å²) in [4.78, 5) is 25.6. The molecule has 4 aromatic rings. The maximum Gasteiger partial charge on any atom is 0.291 e. The lowest BCUT2D eigenvalue weighted by molar-refractivity contribution is 0.0953. The molecule has 2 N–H and O–H groups in total. The summed E-state index contributed by atoms with van der Waals surface area (Å²) >= 11 is 1.24. The van der Waals surface area contributed by atoms with Gasteiger partial charge in [-0.15, -0.1) is 11.3 Å². The van der Waals surface area contributed by atoms with Crippen LogP contribution in [0.1, 0.15) is 48.3 Å². The molecule has 0 radical (unpaired) electrons. The van der Waals surface area contributed by atoms with Gasteiger partial charge in [0.05, 0.1) is 28.4 Å². The van der Waals surface area contributed by atoms with Gasteiger partial charge in [-0.05, 0) is 50.1 Å². The van der Waals surface area contributed by atoms with Gasteiger partial charge in [0.25, 0.3) is 11.8 Å². The van der Waals surface area contributed by atoms with Crippen molar-refractivity contribution >= 4 is 28.2 Å². The number of anilines is 1. The van der Waals surface area contributed by atoms with Crippen molar-refractivity contribution in [3.63, 3.8) is 0 Å². The van der Waals surface area contributed by atoms with E-state index in [0.29, 0.717) is 23.0 Å². The molecule has 8 heteroatoms. The zero-order valence-electron chi connectivity index (χ0n) is 18.1. The van der Waals surface area contributed by atoms with Crippen molar-refractivity contribution in [3.8, 4) is 0 Å². The van der Waals surface area contributed by atoms with E-state index in [1.807, 2.05) is 43.7 Å². The molecule has 3 heterocycles. The van der Waals surface area contributed by atoms with E-state index in [9.17, 15) is 9.59 Å². The van der Waals surface area contributed by atoms with Gasteiger partial charge in [-0.2, -0.15) is 5.10 Å². The van der Waals surface area contributed by atoms with Crippen molar-refractivity contribution in [3.05, 3.63) is 93.5 Å². The van der Waals surface area contributed by atoms with E-state index in [0.717, 1.165) is 22.5 Å². The van der Waals surface area contributed by atoms with Gasteiger partial charge < -0.3 is 15.1 Å². The molecule has 2 amide bonds. The largest absolute Gasteiger partial charge is 0.459 e. The summed E-state index contributed by atoms with van der Waals surface area (Å²) in [7, 11) is 0. The first-order chi connectivity index (χ1) is 15.4. The number of hydrogen-bond acceptors (Lipinski definition) is 5. The third-order valence-electron chi connectivity index (χ3n) is 5.24. The zero-order chi connectivity index (χ0) is 22.7. The third-order valence-corrected chi connectivity index (χ3v) is 6.39. The molecule has 0 fully saturated rings. The van der Waals surface area contributed by atoms with Crippen molar-refractivity contribution in [2.45, 2.75) is 33.9 Å². The predicted octanol–water partition coefficient (Wildman–Crippen LogP) is 4.69. The second kappa shape index (κ2) is 9.23. The molecular formula is C24H24N4O3S. The number of carbonyl (C=O) groups excluding carboxylic acids is 2. The minimum atomic E-state index is -0.347. The number of nitrogens with zero attached hydrogens (tertiary/aromatic N) is 2. The van der Waals surface area contributed by atoms with Crippen molar-refractivity contribution in [1.29, 1.82) is 0 Å². The van der Waals surface area contributed by atoms with E-state index < -0.39 is 0 Å². The number of carbonyl (C=O) groups is 2. The molecule has 164 valence electrons. The van der Waals surface area contributed by atoms with Gasteiger partial charge in [0, 0.05) is 17.8 Å². The van der Waals surface area contributed by atoms with E-state index >= 15 is 0 Å². The topological polar surface area (TPSA) is 89.2 Å². The lowest BCUT2D eigenvalue weighted by atomic mass is 10.2. The minimum Gasteiger partial charge on any atom is -0.459 e. The van der Waals surface area contributed by atoms with Crippen LogP contribution < -0.4 is 10.6 Å². The monoisotopic (exact) mass is 448 g/mol. The van der Waals surface area contributed by atoms with Crippen LogP contribution in [0.4, 0.5) is 5.00 Å². The Morgan fingerprint density at radius 3 is 2.56 bits per heavy atom. The van der Waals surface area contributed by atoms with Crippen LogP contribution >= 0.6 is 11.3 Å². The Hall–Kier alpha value is -3.65. The van der Waals surface area contributed by atoms with Gasteiger partial charge >= 0.3 is 0 Å². The normalized spacial score (nSPS) is 10.8. The maximum absolute atomic E-state index is 12.8. The van der Waals surface area contributed by atoms with Gasteiger partial charge in [0.2, 0.25) is 0 Å². The Labute approximate surface area is 190 Å². The van der Waals surface area contributed by atoms with Gasteiger partial charge in [0.15, 0.2) is 5.76 Å². The van der Waals surface area contributed by atoms with Crippen LogP contribution in [0.2, 0.25) is 0 Å². The highest BCUT2D eigenvalue weighted by Crippen LogP contribution is 2.27. The standard InChI is InChI=1S/C24H24N4O3S/c1-15-12-21(26-23(29)20-10-7-11-31-20)32-22(15)24(30)25-13-19-16(2)27-28(17(19)3)14-18-8-5-4-6-9-18/h4-12H,13-14H2,1-3H3,(H,25,30)(H,26,29). The molecule has 4 rings (SSSR count). The maximum atomic E-state index is 12.8. The molecule has 7 nitrogen and oxygen atoms in total. The fourth-order valence-electron chi connectivity index (χ4n) is 3.50. The molecule has 0 aliphatic heterocycles. The van der Waals surface area contributed by atoms with Crippen LogP contribution in [-0.4, -0.2) is 21.6 Å². The summed E-state index contributed by atoms with van der Waals surface area (Å²) < 4.78 is 7.07. The molecule has 0 atom stereocenters. The van der Waals surface area contributed by atoms with E-state index in [1.165, 1.54) is 23.2 Å². The lowest BCUT2D eigenvalue weighted by Gasteiger charge is -2.07. The van der Waals surface area contributed by atoms with E-state index in [1.54, 1.807) is 18.2 Å². The summed E-state index contributed by atoms with van der Waals surface area (Å²) in [6.45, 7) is 6.89. The molecule has 0 bridgehead atoms. The van der Waals surface area contributed by atoms with Gasteiger partial charge in [0.1, 0.15) is 0 Å². The first-order valence-corrected chi connectivity index (χ1v) is 11.0. The highest BCUT2D eigenvalue weighted by Gasteiger charge is 2.18. The zero-order valence-corrected chi connectivity index (χ0v) is 19.0. The molecular weight excluding hydrogens is 424 g/mol. The van der Waals surface area contributed by atoms with Gasteiger partial charge in [-0.25, -0.2) is 0 Å². The number of thiophene rings is 1. The predicted molar refractivity (Wildman–Crippen MR) is 124 cm³/mol. The average Bonchev–Trinajstić information content (AvgIpc) is 3.49. The molecule has 0 spiro atoms. The third kappa shape index (κ3) is 4.65. The smallest absolute Gasteiger partial charge is 0.291 e. The Morgan fingerprint density at radius 1 is 1.06 bits per heavy atom. The Bertz CT molecular complexity index is 1240. The molecule has 32 heavy (non-hydrogen) atoms. The molecule has 1 aromatic carbocycles. The average molecular weight is 449 g/mol. The van der Waals surface area contributed by atoms with E-state index in [4.69, 9.17) is 4.42 Å². The number of hydrogen-bond donors (Lipinski definition) is 2. The SMILES string of the molecule is Cc1cc(NC(=O)c2ccco2)sc1C(=O)NCc1c(C)nn(Cc2ccccc2)c1C. The minimum absolute atomic E-state index is 0.180. The molecule has 0 aliphatic rings. The number of rotatable bonds is 7. The van der Waals surface area contributed by atoms with Crippen LogP contribution in [-0.2, 0) is 13.1 Å². The summed E-state index contributed by atoms with van der Waals surface area (Å²) in [5, 5.41) is 11.0. The molecule has 0 unspecified atom stereocenters. The Morgan fingerprint density at radius 2 is 1.84 bits per heavy atom. The van der Waals surface area contributed by atoms with Gasteiger partial charge in [-0.1, -0.05) is 30.3 Å². The summed E-state index contributed by atoms with van der Waals surface area (Å²) in [6, 6.07) is 15.2. The van der Waals surface area contributed by atoms with E-state index in [-0.39, 0.29) is 17.6 Å². The van der Waals surface area contributed by atoms with Crippen LogP contribution in [0.15, 0.2) is 59.2 Å². The lowest BCUT2D eigenvalue weighted by Crippen LogP contribution is -2.23. The second-order valence-corrected chi connectivity index (χ2v) is 8.58. The molecule has 3 aromatic heterocycles. The number of nitrogens with one attached hydrogen (secondary N) is 2. The van der Waals surface area contributed by atoms with Crippen LogP contribution in [0, 0.1) is 20.8 Å². The fourth-order valence-corrected chi connectivity index (χ4v) is 4.48. The molecule has 0 saturated heterocycles. The van der Waals surface area contributed by atoms with Crippen LogP contribution in [0.5, 0.6) is 0 Å². The fraction of sp³-hybridized carbons (Fsp3) is 0.208. The van der Waals surface area contributed by atoms with Crippen molar-refractivity contribution in [1.82, 2.24) is 15.1 Å². The number of aryl methyl sites for hydroxylation is 2. The summed E-state index contributed by atoms with van der Waals surface area (Å²) in [5.74, 6) is -0.304. The highest BCUT2D eigenvalue weighted by atomic mass is 32.1. The Balaban J connectivity index is 1.42. The van der Waals surface area contributed by atoms with E-state index in [2.05, 4.69) is 27.9 Å². The van der Waals surface area contributed by atoms with Crippen LogP contribution in [0.25, 0.3) is 0 Å². The molecule has 0 saturated carbocycles. The summed E-state index contributed by atoms with van der Waals surface area (Å²) in [5.41, 5.74) is 4.91. The number of aromatic nitrogens is 2. The molecule has 0 aliphatic carbocycles. The number of benzene rings is 1.